The fourth-order valence-electron chi connectivity index (χ4n) is 2.44. The highest BCUT2D eigenvalue weighted by molar-refractivity contribution is 6.04. The van der Waals surface area contributed by atoms with E-state index < -0.39 is 0 Å². The van der Waals surface area contributed by atoms with E-state index in [0.717, 1.165) is 5.56 Å². The number of hydrogen-bond donors (Lipinski definition) is 2. The number of carbonyl (C=O) groups is 2. The Bertz CT molecular complexity index is 951. The van der Waals surface area contributed by atoms with Gasteiger partial charge in [-0.3, -0.25) is 9.59 Å². The summed E-state index contributed by atoms with van der Waals surface area (Å²) >= 11 is 0. The Hall–Kier alpha value is -3.54. The molecule has 0 spiro atoms. The zero-order valence-corrected chi connectivity index (χ0v) is 15.2. The topological polar surface area (TPSA) is 84.0 Å². The maximum absolute atomic E-state index is 12.3. The molecular weight excluding hydrogens is 340 g/mol. The molecular formula is C21H20N4O2. The van der Waals surface area contributed by atoms with E-state index in [-0.39, 0.29) is 11.7 Å². The quantitative estimate of drug-likeness (QED) is 0.652. The molecule has 3 rings (SSSR count). The number of nitrogens with zero attached hydrogens (tertiary/aromatic N) is 2. The first-order valence-electron chi connectivity index (χ1n) is 8.55. The molecule has 2 aromatic carbocycles. The third-order valence-corrected chi connectivity index (χ3v) is 4.01. The van der Waals surface area contributed by atoms with Gasteiger partial charge in [0.15, 0.2) is 5.78 Å². The summed E-state index contributed by atoms with van der Waals surface area (Å²) in [6.07, 6.45) is 2.93. The number of ketones is 1. The van der Waals surface area contributed by atoms with E-state index in [1.807, 2.05) is 31.2 Å². The first-order chi connectivity index (χ1) is 13.0. The van der Waals surface area contributed by atoms with Crippen molar-refractivity contribution in [2.75, 3.05) is 10.6 Å². The van der Waals surface area contributed by atoms with Crippen molar-refractivity contribution in [3.05, 3.63) is 83.2 Å². The van der Waals surface area contributed by atoms with Crippen molar-refractivity contribution < 1.29 is 9.59 Å². The van der Waals surface area contributed by atoms with E-state index in [0.29, 0.717) is 29.3 Å². The number of rotatable bonds is 6. The molecule has 0 radical (unpaired) electrons. The van der Waals surface area contributed by atoms with Gasteiger partial charge >= 0.3 is 0 Å². The lowest BCUT2D eigenvalue weighted by Gasteiger charge is -2.08. The Balaban J connectivity index is 1.60. The summed E-state index contributed by atoms with van der Waals surface area (Å²) in [5, 5.41) is 5.87. The van der Waals surface area contributed by atoms with Crippen molar-refractivity contribution in [1.29, 1.82) is 0 Å². The third-order valence-electron chi connectivity index (χ3n) is 4.01. The van der Waals surface area contributed by atoms with Crippen LogP contribution in [0.4, 0.5) is 11.6 Å². The molecule has 136 valence electrons. The lowest BCUT2D eigenvalue weighted by molar-refractivity contribution is 0.101. The molecule has 0 aliphatic rings. The van der Waals surface area contributed by atoms with Gasteiger partial charge in [-0.25, -0.2) is 9.97 Å². The number of aryl methyl sites for hydroxylation is 1. The third kappa shape index (κ3) is 4.98. The number of amides is 1. The van der Waals surface area contributed by atoms with E-state index in [2.05, 4.69) is 20.6 Å². The fourth-order valence-corrected chi connectivity index (χ4v) is 2.44. The molecule has 6 heteroatoms. The van der Waals surface area contributed by atoms with E-state index in [1.54, 1.807) is 24.3 Å². The largest absolute Gasteiger partial charge is 0.350 e. The van der Waals surface area contributed by atoms with Crippen LogP contribution < -0.4 is 10.6 Å². The Morgan fingerprint density at radius 1 is 0.963 bits per heavy atom. The second-order valence-corrected chi connectivity index (χ2v) is 6.23. The average molecular weight is 360 g/mol. The second kappa shape index (κ2) is 8.23. The Labute approximate surface area is 157 Å². The summed E-state index contributed by atoms with van der Waals surface area (Å²) in [5.41, 5.74) is 3.76. The second-order valence-electron chi connectivity index (χ2n) is 6.23. The lowest BCUT2D eigenvalue weighted by atomic mass is 10.1. The van der Waals surface area contributed by atoms with Gasteiger partial charge in [-0.1, -0.05) is 42.0 Å². The molecule has 1 amide bonds. The summed E-state index contributed by atoms with van der Waals surface area (Å²) in [6, 6.07) is 15.0. The molecule has 3 aromatic rings. The summed E-state index contributed by atoms with van der Waals surface area (Å²) in [6.45, 7) is 4.13. The Morgan fingerprint density at radius 2 is 1.67 bits per heavy atom. The summed E-state index contributed by atoms with van der Waals surface area (Å²) in [7, 11) is 0. The Kier molecular flexibility index (Phi) is 5.56. The van der Waals surface area contributed by atoms with Crippen LogP contribution in [0.15, 0.2) is 60.9 Å². The van der Waals surface area contributed by atoms with Crippen molar-refractivity contribution >= 4 is 23.3 Å². The predicted octanol–water partition coefficient (Wildman–Crippen LogP) is 3.85. The number of aromatic nitrogens is 2. The minimum absolute atomic E-state index is 0.0570. The van der Waals surface area contributed by atoms with Crippen LogP contribution >= 0.6 is 0 Å². The zero-order valence-electron chi connectivity index (χ0n) is 15.2. The summed E-state index contributed by atoms with van der Waals surface area (Å²) in [5.74, 6) is 0.0601. The molecule has 0 saturated heterocycles. The molecule has 6 nitrogen and oxygen atoms in total. The molecule has 0 atom stereocenters. The summed E-state index contributed by atoms with van der Waals surface area (Å²) in [4.78, 5) is 32.1. The lowest BCUT2D eigenvalue weighted by Crippen LogP contribution is -2.13. The summed E-state index contributed by atoms with van der Waals surface area (Å²) < 4.78 is 0. The number of hydrogen-bond acceptors (Lipinski definition) is 5. The molecule has 2 N–H and O–H groups in total. The smallest absolute Gasteiger partial charge is 0.258 e. The maximum atomic E-state index is 12.3. The molecule has 1 heterocycles. The monoisotopic (exact) mass is 360 g/mol. The minimum Gasteiger partial charge on any atom is -0.350 e. The molecule has 0 fully saturated rings. The molecule has 27 heavy (non-hydrogen) atoms. The number of anilines is 2. The van der Waals surface area contributed by atoms with Crippen LogP contribution in [-0.4, -0.2) is 21.7 Å². The average Bonchev–Trinajstić information content (AvgIpc) is 2.68. The van der Waals surface area contributed by atoms with Crippen LogP contribution in [0.25, 0.3) is 0 Å². The maximum Gasteiger partial charge on any atom is 0.258 e. The van der Waals surface area contributed by atoms with Crippen LogP contribution in [0.1, 0.15) is 38.8 Å². The molecule has 0 aliphatic heterocycles. The van der Waals surface area contributed by atoms with Crippen molar-refractivity contribution in [2.24, 2.45) is 0 Å². The standard InChI is InChI=1S/C21H20N4O2/c1-14-6-8-16(9-7-14)11-22-21-23-12-18(13-24-21)20(27)25-19-5-3-4-17(10-19)15(2)26/h3-10,12-13H,11H2,1-2H3,(H,25,27)(H,22,23,24). The Morgan fingerprint density at radius 3 is 2.33 bits per heavy atom. The van der Waals surface area contributed by atoms with E-state index in [4.69, 9.17) is 0 Å². The van der Waals surface area contributed by atoms with Crippen LogP contribution in [0.3, 0.4) is 0 Å². The van der Waals surface area contributed by atoms with Crippen LogP contribution in [0, 0.1) is 6.92 Å². The SMILES string of the molecule is CC(=O)c1cccc(NC(=O)c2cnc(NCc3ccc(C)cc3)nc2)c1. The number of nitrogens with one attached hydrogen (secondary N) is 2. The van der Waals surface area contributed by atoms with Crippen LogP contribution in [-0.2, 0) is 6.54 Å². The van der Waals surface area contributed by atoms with Crippen molar-refractivity contribution in [1.82, 2.24) is 9.97 Å². The highest BCUT2D eigenvalue weighted by Crippen LogP contribution is 2.13. The van der Waals surface area contributed by atoms with E-state index in [9.17, 15) is 9.59 Å². The first-order valence-corrected chi connectivity index (χ1v) is 8.55. The van der Waals surface area contributed by atoms with Gasteiger partial charge in [-0.05, 0) is 31.5 Å². The first kappa shape index (κ1) is 18.3. The van der Waals surface area contributed by atoms with Gasteiger partial charge in [0.25, 0.3) is 5.91 Å². The number of benzene rings is 2. The number of carbonyl (C=O) groups excluding carboxylic acids is 2. The van der Waals surface area contributed by atoms with Crippen LogP contribution in [0.5, 0.6) is 0 Å². The predicted molar refractivity (Wildman–Crippen MR) is 105 cm³/mol. The van der Waals surface area contributed by atoms with Gasteiger partial charge in [0.1, 0.15) is 0 Å². The normalized spacial score (nSPS) is 10.3. The van der Waals surface area contributed by atoms with Gasteiger partial charge in [-0.2, -0.15) is 0 Å². The van der Waals surface area contributed by atoms with Gasteiger partial charge in [0, 0.05) is 30.2 Å². The highest BCUT2D eigenvalue weighted by Gasteiger charge is 2.09. The number of Topliss-reactive ketones (excluding diaryl/α,β-unsaturated/α-hetero) is 1. The minimum atomic E-state index is -0.333. The molecule has 0 unspecified atom stereocenters. The molecule has 0 saturated carbocycles. The van der Waals surface area contributed by atoms with E-state index >= 15 is 0 Å². The molecule has 0 bridgehead atoms. The highest BCUT2D eigenvalue weighted by atomic mass is 16.1. The van der Waals surface area contributed by atoms with Gasteiger partial charge in [-0.15, -0.1) is 0 Å². The fraction of sp³-hybridized carbons (Fsp3) is 0.143. The van der Waals surface area contributed by atoms with Crippen LogP contribution in [0.2, 0.25) is 0 Å². The van der Waals surface area contributed by atoms with Crippen molar-refractivity contribution in [3.8, 4) is 0 Å². The van der Waals surface area contributed by atoms with Gasteiger partial charge in [0.05, 0.1) is 5.56 Å². The zero-order chi connectivity index (χ0) is 19.2. The molecule has 1 aromatic heterocycles. The van der Waals surface area contributed by atoms with Crippen molar-refractivity contribution in [3.63, 3.8) is 0 Å². The molecule has 0 aliphatic carbocycles. The van der Waals surface area contributed by atoms with Crippen molar-refractivity contribution in [2.45, 2.75) is 20.4 Å². The van der Waals surface area contributed by atoms with Gasteiger partial charge in [0.2, 0.25) is 5.95 Å². The van der Waals surface area contributed by atoms with E-state index in [1.165, 1.54) is 24.9 Å². The van der Waals surface area contributed by atoms with Gasteiger partial charge < -0.3 is 10.6 Å².